The highest BCUT2D eigenvalue weighted by Crippen LogP contribution is 2.27. The van der Waals surface area contributed by atoms with E-state index in [1.165, 1.54) is 0 Å². The Hall–Kier alpha value is -1.59. The molecule has 0 spiro atoms. The number of carbonyl (C=O) groups is 2. The second-order valence-corrected chi connectivity index (χ2v) is 6.49. The minimum absolute atomic E-state index is 0. The zero-order valence-corrected chi connectivity index (χ0v) is 14.1. The zero-order valence-electron chi connectivity index (χ0n) is 13.3. The van der Waals surface area contributed by atoms with Crippen molar-refractivity contribution in [3.8, 4) is 0 Å². The number of amides is 2. The van der Waals surface area contributed by atoms with Crippen molar-refractivity contribution in [3.63, 3.8) is 0 Å². The summed E-state index contributed by atoms with van der Waals surface area (Å²) in [6.07, 6.45) is 0.436. The van der Waals surface area contributed by atoms with Gasteiger partial charge in [0.1, 0.15) is 0 Å². The van der Waals surface area contributed by atoms with Crippen molar-refractivity contribution in [2.75, 3.05) is 18.0 Å². The zero-order chi connectivity index (χ0) is 15.6. The third kappa shape index (κ3) is 3.99. The fourth-order valence-corrected chi connectivity index (χ4v) is 2.36. The molecule has 5 nitrogen and oxygen atoms in total. The quantitative estimate of drug-likeness (QED) is 0.880. The molecule has 6 heteroatoms. The molecule has 2 rings (SSSR count). The number of hydrogen-bond acceptors (Lipinski definition) is 3. The molecule has 1 aromatic carbocycles. The number of anilines is 1. The van der Waals surface area contributed by atoms with Crippen LogP contribution in [0.3, 0.4) is 0 Å². The van der Waals surface area contributed by atoms with Gasteiger partial charge in [-0.15, -0.1) is 12.4 Å². The maximum Gasteiger partial charge on any atom is 0.237 e. The topological polar surface area (TPSA) is 75.4 Å². The first-order chi connectivity index (χ1) is 9.80. The second kappa shape index (κ2) is 7.11. The Bertz CT molecular complexity index is 555. The summed E-state index contributed by atoms with van der Waals surface area (Å²) >= 11 is 0. The minimum atomic E-state index is -0.556. The van der Waals surface area contributed by atoms with Crippen LogP contribution in [0.4, 0.5) is 5.69 Å². The van der Waals surface area contributed by atoms with Gasteiger partial charge in [-0.05, 0) is 17.0 Å². The van der Waals surface area contributed by atoms with Crippen LogP contribution in [0.15, 0.2) is 24.3 Å². The minimum Gasteiger partial charge on any atom is -0.353 e. The third-order valence-corrected chi connectivity index (χ3v) is 3.78. The number of rotatable bonds is 4. The van der Waals surface area contributed by atoms with Crippen molar-refractivity contribution < 1.29 is 9.59 Å². The first-order valence-electron chi connectivity index (χ1n) is 7.22. The maximum absolute atomic E-state index is 12.0. The van der Waals surface area contributed by atoms with Crippen LogP contribution in [0.2, 0.25) is 0 Å². The molecular formula is C16H24ClN3O2. The number of hydrogen-bond donors (Lipinski definition) is 2. The van der Waals surface area contributed by atoms with Crippen molar-refractivity contribution in [1.29, 1.82) is 0 Å². The molecule has 0 fully saturated rings. The number of nitrogens with zero attached hydrogens (tertiary/aromatic N) is 1. The van der Waals surface area contributed by atoms with E-state index in [9.17, 15) is 9.59 Å². The highest BCUT2D eigenvalue weighted by molar-refractivity contribution is 6.01. The van der Waals surface area contributed by atoms with Crippen LogP contribution < -0.4 is 16.0 Å². The monoisotopic (exact) mass is 325 g/mol. The van der Waals surface area contributed by atoms with E-state index in [0.29, 0.717) is 19.5 Å². The van der Waals surface area contributed by atoms with Crippen LogP contribution in [-0.2, 0) is 16.0 Å². The third-order valence-electron chi connectivity index (χ3n) is 3.78. The molecule has 22 heavy (non-hydrogen) atoms. The average molecular weight is 326 g/mol. The van der Waals surface area contributed by atoms with E-state index in [1.807, 2.05) is 45.0 Å². The normalized spacial score (nSPS) is 15.1. The molecule has 3 N–H and O–H groups in total. The molecule has 0 aromatic heterocycles. The number of para-hydroxylation sites is 1. The number of nitrogens with two attached hydrogens (primary N) is 1. The lowest BCUT2D eigenvalue weighted by Crippen LogP contribution is -2.50. The fourth-order valence-electron chi connectivity index (χ4n) is 2.36. The van der Waals surface area contributed by atoms with Crippen LogP contribution in [0.5, 0.6) is 0 Å². The van der Waals surface area contributed by atoms with Gasteiger partial charge < -0.3 is 16.0 Å². The van der Waals surface area contributed by atoms with E-state index in [-0.39, 0.29) is 29.6 Å². The lowest BCUT2D eigenvalue weighted by atomic mass is 9.87. The van der Waals surface area contributed by atoms with Crippen molar-refractivity contribution in [2.24, 2.45) is 11.1 Å². The Balaban J connectivity index is 0.00000242. The predicted molar refractivity (Wildman–Crippen MR) is 90.2 cm³/mol. The van der Waals surface area contributed by atoms with Gasteiger partial charge in [-0.2, -0.15) is 0 Å². The smallest absolute Gasteiger partial charge is 0.237 e. The van der Waals surface area contributed by atoms with Gasteiger partial charge in [0.25, 0.3) is 0 Å². The molecule has 122 valence electrons. The van der Waals surface area contributed by atoms with Crippen molar-refractivity contribution in [2.45, 2.75) is 33.2 Å². The molecular weight excluding hydrogens is 302 g/mol. The van der Waals surface area contributed by atoms with Crippen molar-refractivity contribution in [3.05, 3.63) is 29.8 Å². The standard InChI is InChI=1S/C16H23N3O2.ClH/c1-16(2,3)14(17)15(21)18-8-9-19-12-7-5-4-6-11(12)10-13(19)20;/h4-7,14H,8-10,17H2,1-3H3,(H,18,21);1H/t14-;/m1./s1. The van der Waals surface area contributed by atoms with Gasteiger partial charge in [0.05, 0.1) is 12.5 Å². The summed E-state index contributed by atoms with van der Waals surface area (Å²) in [5, 5.41) is 2.81. The van der Waals surface area contributed by atoms with Gasteiger partial charge in [0, 0.05) is 18.8 Å². The highest BCUT2D eigenvalue weighted by atomic mass is 35.5. The molecule has 1 heterocycles. The van der Waals surface area contributed by atoms with E-state index in [4.69, 9.17) is 5.73 Å². The van der Waals surface area contributed by atoms with E-state index < -0.39 is 6.04 Å². The van der Waals surface area contributed by atoms with Gasteiger partial charge in [0.15, 0.2) is 0 Å². The number of halogens is 1. The van der Waals surface area contributed by atoms with Gasteiger partial charge in [0.2, 0.25) is 11.8 Å². The molecule has 1 aliphatic rings. The molecule has 1 atom stereocenters. The first-order valence-corrected chi connectivity index (χ1v) is 7.22. The summed E-state index contributed by atoms with van der Waals surface area (Å²) in [5.74, 6) is -0.104. The van der Waals surface area contributed by atoms with Gasteiger partial charge in [-0.1, -0.05) is 39.0 Å². The molecule has 1 aliphatic heterocycles. The van der Waals surface area contributed by atoms with Gasteiger partial charge >= 0.3 is 0 Å². The molecule has 0 saturated heterocycles. The molecule has 0 saturated carbocycles. The predicted octanol–water partition coefficient (Wildman–Crippen LogP) is 1.49. The first kappa shape index (κ1) is 18.5. The van der Waals surface area contributed by atoms with Crippen LogP contribution in [0, 0.1) is 5.41 Å². The average Bonchev–Trinajstić information content (AvgIpc) is 2.73. The Kier molecular flexibility index (Phi) is 5.97. The summed E-state index contributed by atoms with van der Waals surface area (Å²) in [6, 6.07) is 7.18. The summed E-state index contributed by atoms with van der Waals surface area (Å²) in [5.41, 5.74) is 7.61. The Labute approximate surface area is 137 Å². The summed E-state index contributed by atoms with van der Waals surface area (Å²) < 4.78 is 0. The van der Waals surface area contributed by atoms with E-state index in [0.717, 1.165) is 11.3 Å². The molecule has 1 aromatic rings. The van der Waals surface area contributed by atoms with Crippen molar-refractivity contribution in [1.82, 2.24) is 5.32 Å². The maximum atomic E-state index is 12.0. The van der Waals surface area contributed by atoms with Crippen LogP contribution in [0.25, 0.3) is 0 Å². The summed E-state index contributed by atoms with van der Waals surface area (Å²) in [4.78, 5) is 25.7. The Morgan fingerprint density at radius 3 is 2.64 bits per heavy atom. The number of fused-ring (bicyclic) bond motifs is 1. The largest absolute Gasteiger partial charge is 0.353 e. The van der Waals surface area contributed by atoms with Crippen LogP contribution >= 0.6 is 12.4 Å². The highest BCUT2D eigenvalue weighted by Gasteiger charge is 2.29. The number of carbonyl (C=O) groups excluding carboxylic acids is 2. The molecule has 0 bridgehead atoms. The Morgan fingerprint density at radius 2 is 2.00 bits per heavy atom. The summed E-state index contributed by atoms with van der Waals surface area (Å²) in [7, 11) is 0. The van der Waals surface area contributed by atoms with Gasteiger partial charge in [-0.3, -0.25) is 9.59 Å². The number of benzene rings is 1. The van der Waals surface area contributed by atoms with Gasteiger partial charge in [-0.25, -0.2) is 0 Å². The number of nitrogens with one attached hydrogen (secondary N) is 1. The molecule has 0 unspecified atom stereocenters. The second-order valence-electron chi connectivity index (χ2n) is 6.49. The molecule has 0 radical (unpaired) electrons. The van der Waals surface area contributed by atoms with E-state index in [2.05, 4.69) is 5.32 Å². The van der Waals surface area contributed by atoms with E-state index in [1.54, 1.807) is 4.90 Å². The Morgan fingerprint density at radius 1 is 1.36 bits per heavy atom. The fraction of sp³-hybridized carbons (Fsp3) is 0.500. The lowest BCUT2D eigenvalue weighted by Gasteiger charge is -2.26. The summed E-state index contributed by atoms with van der Waals surface area (Å²) in [6.45, 7) is 6.66. The van der Waals surface area contributed by atoms with Crippen LogP contribution in [-0.4, -0.2) is 30.9 Å². The SMILES string of the molecule is CC(C)(C)[C@H](N)C(=O)NCCN1C(=O)Cc2ccccc21.Cl. The molecule has 2 amide bonds. The van der Waals surface area contributed by atoms with Crippen LogP contribution in [0.1, 0.15) is 26.3 Å². The lowest BCUT2D eigenvalue weighted by molar-refractivity contribution is -0.124. The van der Waals surface area contributed by atoms with Crippen molar-refractivity contribution >= 4 is 29.9 Å². The molecule has 0 aliphatic carbocycles. The van der Waals surface area contributed by atoms with E-state index >= 15 is 0 Å².